The first kappa shape index (κ1) is 16.2. The molecule has 9 heteroatoms. The summed E-state index contributed by atoms with van der Waals surface area (Å²) < 4.78 is 89.6. The molecular formula is C10H6BrF7O. The van der Waals surface area contributed by atoms with Gasteiger partial charge in [0.2, 0.25) is 6.10 Å². The van der Waals surface area contributed by atoms with Crippen molar-refractivity contribution in [2.24, 2.45) is 0 Å². The third kappa shape index (κ3) is 4.64. The van der Waals surface area contributed by atoms with E-state index in [9.17, 15) is 30.7 Å². The van der Waals surface area contributed by atoms with E-state index in [2.05, 4.69) is 20.7 Å². The molecule has 0 saturated heterocycles. The minimum absolute atomic E-state index is 0.0237. The van der Waals surface area contributed by atoms with Gasteiger partial charge >= 0.3 is 12.4 Å². The van der Waals surface area contributed by atoms with Gasteiger partial charge in [-0.2, -0.15) is 26.3 Å². The van der Waals surface area contributed by atoms with Crippen molar-refractivity contribution in [2.75, 3.05) is 0 Å². The highest BCUT2D eigenvalue weighted by Gasteiger charge is 2.57. The second-order valence-corrected chi connectivity index (χ2v) is 4.36. The van der Waals surface area contributed by atoms with Crippen LogP contribution in [0.25, 0.3) is 0 Å². The smallest absolute Gasteiger partial charge is 0.356 e. The van der Waals surface area contributed by atoms with Gasteiger partial charge in [-0.05, 0) is 17.7 Å². The summed E-state index contributed by atoms with van der Waals surface area (Å²) in [5, 5.41) is 0. The minimum Gasteiger partial charge on any atom is -0.356 e. The van der Waals surface area contributed by atoms with Crippen LogP contribution in [-0.4, -0.2) is 18.5 Å². The molecule has 1 aromatic carbocycles. The molecule has 0 spiro atoms. The third-order valence-corrected chi connectivity index (χ3v) is 2.75. The van der Waals surface area contributed by atoms with Crippen molar-refractivity contribution in [3.8, 4) is 0 Å². The van der Waals surface area contributed by atoms with Gasteiger partial charge in [0.15, 0.2) is 0 Å². The second kappa shape index (κ2) is 5.66. The van der Waals surface area contributed by atoms with Gasteiger partial charge < -0.3 is 4.74 Å². The summed E-state index contributed by atoms with van der Waals surface area (Å²) in [6, 6.07) is 2.84. The molecule has 0 aliphatic carbocycles. The number of halogens is 8. The van der Waals surface area contributed by atoms with E-state index in [1.807, 2.05) is 0 Å². The van der Waals surface area contributed by atoms with Crippen LogP contribution in [0.2, 0.25) is 0 Å². The SMILES string of the molecule is Fc1ccc(COC(C(F)(F)F)C(F)(F)F)c(Br)c1. The van der Waals surface area contributed by atoms with Gasteiger partial charge in [0.1, 0.15) is 5.82 Å². The van der Waals surface area contributed by atoms with E-state index in [0.29, 0.717) is 0 Å². The van der Waals surface area contributed by atoms with Gasteiger partial charge in [-0.3, -0.25) is 0 Å². The molecule has 0 N–H and O–H groups in total. The molecule has 0 atom stereocenters. The largest absolute Gasteiger partial charge is 0.423 e. The Kier molecular flexibility index (Phi) is 4.83. The molecule has 1 nitrogen and oxygen atoms in total. The Labute approximate surface area is 111 Å². The average Bonchev–Trinajstić information content (AvgIpc) is 2.17. The van der Waals surface area contributed by atoms with E-state index in [0.717, 1.165) is 18.2 Å². The fourth-order valence-corrected chi connectivity index (χ4v) is 1.65. The van der Waals surface area contributed by atoms with Crippen LogP contribution in [0.5, 0.6) is 0 Å². The summed E-state index contributed by atoms with van der Waals surface area (Å²) in [5.41, 5.74) is -0.0279. The van der Waals surface area contributed by atoms with Crippen molar-refractivity contribution < 1.29 is 35.5 Å². The number of hydrogen-bond donors (Lipinski definition) is 0. The lowest BCUT2D eigenvalue weighted by atomic mass is 10.2. The van der Waals surface area contributed by atoms with Crippen molar-refractivity contribution in [1.82, 2.24) is 0 Å². The summed E-state index contributed by atoms with van der Waals surface area (Å²) in [7, 11) is 0. The lowest BCUT2D eigenvalue weighted by Gasteiger charge is -2.23. The molecule has 19 heavy (non-hydrogen) atoms. The lowest BCUT2D eigenvalue weighted by Crippen LogP contribution is -2.44. The Bertz CT molecular complexity index is 426. The zero-order valence-electron chi connectivity index (χ0n) is 8.95. The molecule has 108 valence electrons. The average molecular weight is 355 g/mol. The van der Waals surface area contributed by atoms with Gasteiger partial charge in [-0.15, -0.1) is 0 Å². The van der Waals surface area contributed by atoms with Crippen molar-refractivity contribution in [3.05, 3.63) is 34.1 Å². The topological polar surface area (TPSA) is 9.23 Å². The summed E-state index contributed by atoms with van der Waals surface area (Å²) in [6.07, 6.45) is -15.0. The van der Waals surface area contributed by atoms with Crippen molar-refractivity contribution in [2.45, 2.75) is 25.1 Å². The van der Waals surface area contributed by atoms with Gasteiger partial charge in [-0.25, -0.2) is 4.39 Å². The van der Waals surface area contributed by atoms with E-state index in [-0.39, 0.29) is 10.0 Å². The predicted octanol–water partition coefficient (Wildman–Crippen LogP) is 4.60. The van der Waals surface area contributed by atoms with Crippen molar-refractivity contribution in [1.29, 1.82) is 0 Å². The molecule has 0 fully saturated rings. The van der Waals surface area contributed by atoms with E-state index < -0.39 is 30.9 Å². The number of benzene rings is 1. The van der Waals surface area contributed by atoms with Crippen LogP contribution >= 0.6 is 15.9 Å². The number of hydrogen-bond acceptors (Lipinski definition) is 1. The van der Waals surface area contributed by atoms with Crippen LogP contribution in [0.1, 0.15) is 5.56 Å². The molecular weight excluding hydrogens is 349 g/mol. The fourth-order valence-electron chi connectivity index (χ4n) is 1.19. The van der Waals surface area contributed by atoms with Crippen LogP contribution < -0.4 is 0 Å². The first-order chi connectivity index (χ1) is 8.51. The van der Waals surface area contributed by atoms with Crippen molar-refractivity contribution in [3.63, 3.8) is 0 Å². The maximum absolute atomic E-state index is 12.7. The Balaban J connectivity index is 2.83. The molecule has 0 bridgehead atoms. The summed E-state index contributed by atoms with van der Waals surface area (Å²) >= 11 is 2.82. The maximum Gasteiger partial charge on any atom is 0.423 e. The molecule has 0 aliphatic rings. The highest BCUT2D eigenvalue weighted by atomic mass is 79.9. The molecule has 1 aromatic rings. The highest BCUT2D eigenvalue weighted by molar-refractivity contribution is 9.10. The van der Waals surface area contributed by atoms with Crippen LogP contribution in [0.15, 0.2) is 22.7 Å². The van der Waals surface area contributed by atoms with E-state index in [4.69, 9.17) is 0 Å². The van der Waals surface area contributed by atoms with Crippen LogP contribution in [0.4, 0.5) is 30.7 Å². The first-order valence-electron chi connectivity index (χ1n) is 4.71. The number of rotatable bonds is 3. The van der Waals surface area contributed by atoms with Crippen LogP contribution in [0.3, 0.4) is 0 Å². The quantitative estimate of drug-likeness (QED) is 0.721. The van der Waals surface area contributed by atoms with E-state index >= 15 is 0 Å². The maximum atomic E-state index is 12.7. The monoisotopic (exact) mass is 354 g/mol. The summed E-state index contributed by atoms with van der Waals surface area (Å²) in [5.74, 6) is -0.682. The van der Waals surface area contributed by atoms with Gasteiger partial charge in [0.25, 0.3) is 0 Å². The zero-order chi connectivity index (χ0) is 14.8. The number of alkyl halides is 6. The van der Waals surface area contributed by atoms with Gasteiger partial charge in [0, 0.05) is 4.47 Å². The first-order valence-corrected chi connectivity index (χ1v) is 5.50. The Morgan fingerprint density at radius 3 is 2.00 bits per heavy atom. The van der Waals surface area contributed by atoms with Crippen molar-refractivity contribution >= 4 is 15.9 Å². The summed E-state index contributed by atoms with van der Waals surface area (Å²) in [6.45, 7) is -0.954. The van der Waals surface area contributed by atoms with Gasteiger partial charge in [-0.1, -0.05) is 22.0 Å². The standard InChI is InChI=1S/C10H6BrF7O/c11-7-3-6(12)2-1-5(7)4-19-8(9(13,14)15)10(16,17)18/h1-3,8H,4H2. The molecule has 0 unspecified atom stereocenters. The molecule has 1 rings (SSSR count). The third-order valence-electron chi connectivity index (χ3n) is 2.02. The predicted molar refractivity (Wildman–Crippen MR) is 54.8 cm³/mol. The van der Waals surface area contributed by atoms with Crippen LogP contribution in [-0.2, 0) is 11.3 Å². The van der Waals surface area contributed by atoms with E-state index in [1.54, 1.807) is 0 Å². The Morgan fingerprint density at radius 2 is 1.58 bits per heavy atom. The minimum atomic E-state index is -5.56. The molecule has 0 amide bonds. The Morgan fingerprint density at radius 1 is 1.05 bits per heavy atom. The highest BCUT2D eigenvalue weighted by Crippen LogP contribution is 2.36. The second-order valence-electron chi connectivity index (χ2n) is 3.51. The molecule has 0 heterocycles. The Hall–Kier alpha value is -0.830. The normalized spacial score (nSPS) is 13.1. The number of ether oxygens (including phenoxy) is 1. The molecule has 0 radical (unpaired) electrons. The zero-order valence-corrected chi connectivity index (χ0v) is 10.5. The summed E-state index contributed by atoms with van der Waals surface area (Å²) in [4.78, 5) is 0. The fraction of sp³-hybridized carbons (Fsp3) is 0.400. The lowest BCUT2D eigenvalue weighted by molar-refractivity contribution is -0.324. The molecule has 0 aliphatic heterocycles. The molecule has 0 aromatic heterocycles. The van der Waals surface area contributed by atoms with E-state index in [1.165, 1.54) is 0 Å². The van der Waals surface area contributed by atoms with Gasteiger partial charge in [0.05, 0.1) is 6.61 Å². The van der Waals surface area contributed by atoms with Crippen LogP contribution in [0, 0.1) is 5.82 Å². The molecule has 0 saturated carbocycles.